The van der Waals surface area contributed by atoms with Crippen LogP contribution in [0.1, 0.15) is 35.2 Å². The third-order valence-corrected chi connectivity index (χ3v) is 8.51. The molecular weight excluding hydrogens is 462 g/mol. The lowest BCUT2D eigenvalue weighted by atomic mass is 10.1. The Morgan fingerprint density at radius 3 is 2.37 bits per heavy atom. The molecule has 2 aliphatic rings. The molecule has 2 heterocycles. The summed E-state index contributed by atoms with van der Waals surface area (Å²) < 4.78 is 33.9. The molecule has 1 saturated heterocycles. The number of carbonyl (C=O) groups excluding carboxylic acids is 1. The number of carbonyl (C=O) groups is 1. The predicted molar refractivity (Wildman–Crippen MR) is 138 cm³/mol. The van der Waals surface area contributed by atoms with Crippen molar-refractivity contribution >= 4 is 33.0 Å². The zero-order valence-corrected chi connectivity index (χ0v) is 20.6. The number of ether oxygens (including phenoxy) is 1. The maximum absolute atomic E-state index is 13.5. The highest BCUT2D eigenvalue weighted by molar-refractivity contribution is 7.92. The van der Waals surface area contributed by atoms with Gasteiger partial charge < -0.3 is 15.0 Å². The fourth-order valence-electron chi connectivity index (χ4n) is 4.89. The maximum atomic E-state index is 13.5. The van der Waals surface area contributed by atoms with Crippen LogP contribution in [0.2, 0.25) is 0 Å². The molecule has 0 spiro atoms. The summed E-state index contributed by atoms with van der Waals surface area (Å²) in [6, 6.07) is 19.7. The first kappa shape index (κ1) is 23.2. The van der Waals surface area contributed by atoms with Gasteiger partial charge in [0, 0.05) is 19.6 Å². The summed E-state index contributed by atoms with van der Waals surface area (Å²) >= 11 is 0. The molecule has 3 aromatic carbocycles. The number of methoxy groups -OCH3 is 1. The number of sulfonamides is 1. The van der Waals surface area contributed by atoms with Gasteiger partial charge in [0.1, 0.15) is 5.75 Å². The van der Waals surface area contributed by atoms with Crippen molar-refractivity contribution in [1.82, 2.24) is 0 Å². The van der Waals surface area contributed by atoms with Crippen LogP contribution in [0, 0.1) is 0 Å². The quantitative estimate of drug-likeness (QED) is 0.541. The largest absolute Gasteiger partial charge is 0.496 e. The van der Waals surface area contributed by atoms with Gasteiger partial charge in [0.25, 0.3) is 15.9 Å². The Morgan fingerprint density at radius 1 is 0.886 bits per heavy atom. The molecule has 0 aliphatic carbocycles. The third-order valence-electron chi connectivity index (χ3n) is 6.70. The van der Waals surface area contributed by atoms with Crippen molar-refractivity contribution in [3.8, 4) is 5.75 Å². The van der Waals surface area contributed by atoms with Crippen LogP contribution >= 0.6 is 0 Å². The number of benzene rings is 3. The second-order valence-electron chi connectivity index (χ2n) is 8.84. The van der Waals surface area contributed by atoms with Crippen molar-refractivity contribution in [2.24, 2.45) is 0 Å². The van der Waals surface area contributed by atoms with Crippen molar-refractivity contribution in [3.05, 3.63) is 77.9 Å². The molecule has 3 aromatic rings. The van der Waals surface area contributed by atoms with Crippen LogP contribution in [0.15, 0.2) is 71.6 Å². The SMILES string of the molecule is COc1ccc(S(=O)(=O)N2CCc3ccccc32)cc1C(=O)Nc1ccccc1N1CCCCC1. The summed E-state index contributed by atoms with van der Waals surface area (Å²) in [7, 11) is -2.37. The van der Waals surface area contributed by atoms with E-state index in [-0.39, 0.29) is 10.5 Å². The number of fused-ring (bicyclic) bond motifs is 1. The second-order valence-corrected chi connectivity index (χ2v) is 10.7. The van der Waals surface area contributed by atoms with Gasteiger partial charge in [-0.25, -0.2) is 8.42 Å². The van der Waals surface area contributed by atoms with E-state index >= 15 is 0 Å². The number of amides is 1. The summed E-state index contributed by atoms with van der Waals surface area (Å²) in [5.74, 6) is -0.0936. The first-order valence-electron chi connectivity index (χ1n) is 11.9. The van der Waals surface area contributed by atoms with Crippen LogP contribution < -0.4 is 19.3 Å². The van der Waals surface area contributed by atoms with Crippen LogP contribution in [-0.2, 0) is 16.4 Å². The molecule has 1 fully saturated rings. The minimum Gasteiger partial charge on any atom is -0.496 e. The van der Waals surface area contributed by atoms with E-state index in [1.54, 1.807) is 6.07 Å². The third kappa shape index (κ3) is 4.46. The molecular formula is C27H29N3O4S. The van der Waals surface area contributed by atoms with E-state index < -0.39 is 15.9 Å². The highest BCUT2D eigenvalue weighted by Gasteiger charge is 2.31. The Bertz CT molecular complexity index is 1350. The number of piperidine rings is 1. The lowest BCUT2D eigenvalue weighted by Crippen LogP contribution is -2.30. The molecule has 0 unspecified atom stereocenters. The molecule has 182 valence electrons. The van der Waals surface area contributed by atoms with Gasteiger partial charge in [-0.2, -0.15) is 0 Å². The number of hydrogen-bond acceptors (Lipinski definition) is 5. The monoisotopic (exact) mass is 491 g/mol. The van der Waals surface area contributed by atoms with E-state index in [1.165, 1.54) is 30.0 Å². The fraction of sp³-hybridized carbons (Fsp3) is 0.296. The number of nitrogens with zero attached hydrogens (tertiary/aromatic N) is 2. The van der Waals surface area contributed by atoms with E-state index in [9.17, 15) is 13.2 Å². The molecule has 35 heavy (non-hydrogen) atoms. The summed E-state index contributed by atoms with van der Waals surface area (Å²) in [5.41, 5.74) is 3.52. The Hall–Kier alpha value is -3.52. The number of para-hydroxylation sites is 3. The van der Waals surface area contributed by atoms with E-state index in [2.05, 4.69) is 10.2 Å². The number of nitrogens with one attached hydrogen (secondary N) is 1. The summed E-state index contributed by atoms with van der Waals surface area (Å²) in [4.78, 5) is 15.7. The molecule has 2 aliphatic heterocycles. The minimum absolute atomic E-state index is 0.0597. The topological polar surface area (TPSA) is 79.0 Å². The number of rotatable bonds is 6. The maximum Gasteiger partial charge on any atom is 0.264 e. The van der Waals surface area contributed by atoms with E-state index in [1.807, 2.05) is 48.5 Å². The van der Waals surface area contributed by atoms with Gasteiger partial charge in [0.05, 0.1) is 34.6 Å². The van der Waals surface area contributed by atoms with Crippen LogP contribution in [0.25, 0.3) is 0 Å². The zero-order chi connectivity index (χ0) is 24.4. The molecule has 7 nitrogen and oxygen atoms in total. The number of anilines is 3. The highest BCUT2D eigenvalue weighted by Crippen LogP contribution is 2.35. The van der Waals surface area contributed by atoms with E-state index in [0.717, 1.165) is 37.2 Å². The Morgan fingerprint density at radius 2 is 1.60 bits per heavy atom. The highest BCUT2D eigenvalue weighted by atomic mass is 32.2. The fourth-order valence-corrected chi connectivity index (χ4v) is 6.42. The summed E-state index contributed by atoms with van der Waals surface area (Å²) in [5, 5.41) is 2.99. The molecule has 0 aromatic heterocycles. The number of hydrogen-bond donors (Lipinski definition) is 1. The Labute approximate surface area is 206 Å². The Kier molecular flexibility index (Phi) is 6.38. The minimum atomic E-state index is -3.84. The second kappa shape index (κ2) is 9.62. The van der Waals surface area contributed by atoms with Crippen molar-refractivity contribution in [2.45, 2.75) is 30.6 Å². The van der Waals surface area contributed by atoms with Gasteiger partial charge >= 0.3 is 0 Å². The van der Waals surface area contributed by atoms with E-state index in [0.29, 0.717) is 30.1 Å². The molecule has 0 saturated carbocycles. The van der Waals surface area contributed by atoms with Gasteiger partial charge in [-0.1, -0.05) is 30.3 Å². The average Bonchev–Trinajstić information content (AvgIpc) is 3.34. The van der Waals surface area contributed by atoms with Gasteiger partial charge in [0.15, 0.2) is 0 Å². The van der Waals surface area contributed by atoms with Crippen molar-refractivity contribution in [2.75, 3.05) is 41.3 Å². The van der Waals surface area contributed by atoms with Crippen LogP contribution in [0.3, 0.4) is 0 Å². The zero-order valence-electron chi connectivity index (χ0n) is 19.7. The van der Waals surface area contributed by atoms with Gasteiger partial charge in [-0.15, -0.1) is 0 Å². The molecule has 8 heteroatoms. The normalized spacial score (nSPS) is 15.6. The molecule has 1 N–H and O–H groups in total. The molecule has 0 radical (unpaired) electrons. The van der Waals surface area contributed by atoms with Crippen LogP contribution in [0.4, 0.5) is 17.1 Å². The van der Waals surface area contributed by atoms with Crippen molar-refractivity contribution in [3.63, 3.8) is 0 Å². The first-order chi connectivity index (χ1) is 17.0. The van der Waals surface area contributed by atoms with Crippen molar-refractivity contribution < 1.29 is 17.9 Å². The molecule has 0 atom stereocenters. The summed E-state index contributed by atoms with van der Waals surface area (Å²) in [6.45, 7) is 2.26. The first-order valence-corrected chi connectivity index (χ1v) is 13.4. The predicted octanol–water partition coefficient (Wildman–Crippen LogP) is 4.69. The lowest BCUT2D eigenvalue weighted by molar-refractivity contribution is 0.102. The summed E-state index contributed by atoms with van der Waals surface area (Å²) in [6.07, 6.45) is 4.11. The lowest BCUT2D eigenvalue weighted by Gasteiger charge is -2.30. The standard InChI is InChI=1S/C27H29N3O4S/c1-34-26-14-13-21(35(32,33)30-18-15-20-9-3-5-11-24(20)30)19-22(26)27(31)28-23-10-4-6-12-25(23)29-16-7-2-8-17-29/h3-6,9-14,19H,2,7-8,15-18H2,1H3,(H,28,31). The van der Waals surface area contributed by atoms with Gasteiger partial charge in [-0.3, -0.25) is 9.10 Å². The molecule has 0 bridgehead atoms. The van der Waals surface area contributed by atoms with E-state index in [4.69, 9.17) is 4.74 Å². The van der Waals surface area contributed by atoms with Crippen LogP contribution in [0.5, 0.6) is 5.75 Å². The Balaban J connectivity index is 1.46. The molecule has 1 amide bonds. The smallest absolute Gasteiger partial charge is 0.264 e. The van der Waals surface area contributed by atoms with Crippen LogP contribution in [-0.4, -0.2) is 41.1 Å². The average molecular weight is 492 g/mol. The molecule has 5 rings (SSSR count). The van der Waals surface area contributed by atoms with Crippen molar-refractivity contribution in [1.29, 1.82) is 0 Å². The van der Waals surface area contributed by atoms with Gasteiger partial charge in [0.2, 0.25) is 0 Å². The van der Waals surface area contributed by atoms with Gasteiger partial charge in [-0.05, 0) is 67.6 Å².